The number of carboxylic acid groups (broad SMARTS) is 1. The van der Waals surface area contributed by atoms with Crippen LogP contribution in [0.1, 0.15) is 34.6 Å². The van der Waals surface area contributed by atoms with Crippen molar-refractivity contribution in [2.75, 3.05) is 13.2 Å². The fraction of sp³-hybridized carbons (Fsp3) is 0.692. The highest BCUT2D eigenvalue weighted by Crippen LogP contribution is 2.13. The van der Waals surface area contributed by atoms with Crippen molar-refractivity contribution in [2.24, 2.45) is 10.8 Å². The highest BCUT2D eigenvalue weighted by molar-refractivity contribution is 5.78. The standard InChI is InChI=1S/C5H10O3.C5H12O2.C3H4O2/c1-5(2,3)4(6)8-7;1-5(2,3-6)4-7;1-2-3(4)5/h7H,1-3H3;6-7H,3-4H2,1-2H3;2H,1H2,(H,4,5). The number of carboxylic acids is 1. The van der Waals surface area contributed by atoms with Gasteiger partial charge < -0.3 is 20.2 Å². The molecule has 20 heavy (non-hydrogen) atoms. The molecule has 4 N–H and O–H groups in total. The minimum Gasteiger partial charge on any atom is -0.478 e. The third kappa shape index (κ3) is 18.9. The van der Waals surface area contributed by atoms with Gasteiger partial charge in [0.05, 0.1) is 18.6 Å². The van der Waals surface area contributed by atoms with E-state index in [0.29, 0.717) is 0 Å². The summed E-state index contributed by atoms with van der Waals surface area (Å²) in [6.45, 7) is 11.6. The fourth-order valence-electron chi connectivity index (χ4n) is 0.187. The van der Waals surface area contributed by atoms with E-state index in [9.17, 15) is 9.59 Å². The van der Waals surface area contributed by atoms with Gasteiger partial charge in [-0.1, -0.05) is 20.4 Å². The fourth-order valence-corrected chi connectivity index (χ4v) is 0.187. The number of aliphatic carboxylic acids is 1. The average molecular weight is 294 g/mol. The normalized spacial score (nSPS) is 10.2. The number of aliphatic hydroxyl groups excluding tert-OH is 2. The van der Waals surface area contributed by atoms with Crippen LogP contribution in [0.4, 0.5) is 0 Å². The van der Waals surface area contributed by atoms with E-state index in [2.05, 4.69) is 11.5 Å². The molecule has 0 heterocycles. The Kier molecular flexibility index (Phi) is 13.5. The second-order valence-corrected chi connectivity index (χ2v) is 5.65. The van der Waals surface area contributed by atoms with Gasteiger partial charge in [-0.2, -0.15) is 5.26 Å². The predicted molar refractivity (Wildman–Crippen MR) is 74.0 cm³/mol. The molecule has 0 aromatic carbocycles. The first-order valence-electron chi connectivity index (χ1n) is 5.81. The van der Waals surface area contributed by atoms with E-state index in [-0.39, 0.29) is 18.6 Å². The first-order valence-corrected chi connectivity index (χ1v) is 5.81. The van der Waals surface area contributed by atoms with Crippen molar-refractivity contribution in [3.05, 3.63) is 12.7 Å². The van der Waals surface area contributed by atoms with Gasteiger partial charge in [0.15, 0.2) is 0 Å². The average Bonchev–Trinajstić information content (AvgIpc) is 2.38. The van der Waals surface area contributed by atoms with Gasteiger partial charge in [0.2, 0.25) is 0 Å². The Morgan fingerprint density at radius 2 is 1.40 bits per heavy atom. The lowest BCUT2D eigenvalue weighted by Crippen LogP contribution is -2.21. The van der Waals surface area contributed by atoms with Crippen molar-refractivity contribution in [1.29, 1.82) is 0 Å². The van der Waals surface area contributed by atoms with E-state index in [1.54, 1.807) is 34.6 Å². The maximum atomic E-state index is 10.4. The molecule has 7 heteroatoms. The minimum absolute atomic E-state index is 0.0451. The van der Waals surface area contributed by atoms with Gasteiger partial charge in [0, 0.05) is 11.5 Å². The van der Waals surface area contributed by atoms with Crippen molar-refractivity contribution in [3.8, 4) is 0 Å². The Morgan fingerprint density at radius 3 is 1.40 bits per heavy atom. The minimum atomic E-state index is -0.981. The van der Waals surface area contributed by atoms with E-state index in [1.807, 2.05) is 0 Å². The Hall–Kier alpha value is -1.44. The molecule has 0 saturated heterocycles. The summed E-state index contributed by atoms with van der Waals surface area (Å²) in [5, 5.41) is 32.3. The van der Waals surface area contributed by atoms with Gasteiger partial charge in [-0.25, -0.2) is 9.59 Å². The number of hydrogen-bond donors (Lipinski definition) is 4. The van der Waals surface area contributed by atoms with Crippen molar-refractivity contribution in [2.45, 2.75) is 34.6 Å². The second-order valence-electron chi connectivity index (χ2n) is 5.65. The molecule has 0 rings (SSSR count). The molecule has 0 aromatic rings. The maximum Gasteiger partial charge on any atom is 0.347 e. The summed E-state index contributed by atoms with van der Waals surface area (Å²) < 4.78 is 0. The Morgan fingerprint density at radius 1 is 1.10 bits per heavy atom. The number of carbonyl (C=O) groups is 2. The van der Waals surface area contributed by atoms with E-state index < -0.39 is 17.4 Å². The summed E-state index contributed by atoms with van der Waals surface area (Å²) in [5.41, 5.74) is -0.908. The van der Waals surface area contributed by atoms with Crippen LogP contribution in [0, 0.1) is 10.8 Å². The van der Waals surface area contributed by atoms with Crippen LogP contribution in [-0.4, -0.2) is 45.7 Å². The highest BCUT2D eigenvalue weighted by Gasteiger charge is 2.22. The predicted octanol–water partition coefficient (Wildman–Crippen LogP) is 1.30. The molecule has 0 spiro atoms. The summed E-state index contributed by atoms with van der Waals surface area (Å²) in [6, 6.07) is 0. The largest absolute Gasteiger partial charge is 0.478 e. The Labute approximate surface area is 119 Å². The van der Waals surface area contributed by atoms with E-state index >= 15 is 0 Å². The van der Waals surface area contributed by atoms with Crippen molar-refractivity contribution >= 4 is 11.9 Å². The van der Waals surface area contributed by atoms with Gasteiger partial charge in [0.1, 0.15) is 0 Å². The topological polar surface area (TPSA) is 124 Å². The van der Waals surface area contributed by atoms with Crippen LogP contribution >= 0.6 is 0 Å². The van der Waals surface area contributed by atoms with Crippen LogP contribution in [0.2, 0.25) is 0 Å². The summed E-state index contributed by atoms with van der Waals surface area (Å²) in [4.78, 5) is 23.1. The zero-order valence-corrected chi connectivity index (χ0v) is 12.7. The van der Waals surface area contributed by atoms with Crippen molar-refractivity contribution in [3.63, 3.8) is 0 Å². The third-order valence-electron chi connectivity index (χ3n) is 1.73. The van der Waals surface area contributed by atoms with Gasteiger partial charge in [-0.3, -0.25) is 0 Å². The summed E-state index contributed by atoms with van der Waals surface area (Å²) in [6.07, 6.45) is 0.833. The summed E-state index contributed by atoms with van der Waals surface area (Å²) >= 11 is 0. The summed E-state index contributed by atoms with van der Waals surface area (Å²) in [7, 11) is 0. The van der Waals surface area contributed by atoms with E-state index in [0.717, 1.165) is 6.08 Å². The van der Waals surface area contributed by atoms with E-state index in [4.69, 9.17) is 20.6 Å². The lowest BCUT2D eigenvalue weighted by Gasteiger charge is -2.16. The molecule has 0 radical (unpaired) electrons. The lowest BCUT2D eigenvalue weighted by atomic mass is 9.97. The van der Waals surface area contributed by atoms with Gasteiger partial charge >= 0.3 is 11.9 Å². The molecule has 0 saturated carbocycles. The summed E-state index contributed by atoms with van der Waals surface area (Å²) in [5.74, 6) is -1.59. The first-order chi connectivity index (χ1) is 8.87. The monoisotopic (exact) mass is 294 g/mol. The van der Waals surface area contributed by atoms with Crippen LogP contribution < -0.4 is 0 Å². The zero-order valence-electron chi connectivity index (χ0n) is 12.7. The van der Waals surface area contributed by atoms with Crippen LogP contribution in [-0.2, 0) is 14.5 Å². The quantitative estimate of drug-likeness (QED) is 0.351. The number of carbonyl (C=O) groups excluding carboxylic acids is 1. The smallest absolute Gasteiger partial charge is 0.347 e. The van der Waals surface area contributed by atoms with Crippen LogP contribution in [0.3, 0.4) is 0 Å². The molecule has 0 bridgehead atoms. The van der Waals surface area contributed by atoms with Crippen LogP contribution in [0.15, 0.2) is 12.7 Å². The molecular formula is C13H26O7. The lowest BCUT2D eigenvalue weighted by molar-refractivity contribution is -0.243. The molecule has 7 nitrogen and oxygen atoms in total. The molecule has 120 valence electrons. The molecular weight excluding hydrogens is 268 g/mol. The molecule has 0 unspecified atom stereocenters. The van der Waals surface area contributed by atoms with Gasteiger partial charge in [-0.15, -0.1) is 0 Å². The molecule has 0 fully saturated rings. The molecule has 0 aliphatic heterocycles. The highest BCUT2D eigenvalue weighted by atomic mass is 17.1. The van der Waals surface area contributed by atoms with Crippen molar-refractivity contribution < 1.29 is 35.1 Å². The van der Waals surface area contributed by atoms with Crippen LogP contribution in [0.5, 0.6) is 0 Å². The number of rotatable bonds is 3. The molecule has 0 atom stereocenters. The molecule has 0 aliphatic carbocycles. The number of aliphatic hydroxyl groups is 2. The third-order valence-corrected chi connectivity index (χ3v) is 1.73. The van der Waals surface area contributed by atoms with E-state index in [1.165, 1.54) is 0 Å². The molecule has 0 aliphatic rings. The zero-order chi connectivity index (χ0) is 17.0. The van der Waals surface area contributed by atoms with Gasteiger partial charge in [-0.05, 0) is 20.8 Å². The maximum absolute atomic E-state index is 10.4. The van der Waals surface area contributed by atoms with Crippen molar-refractivity contribution in [1.82, 2.24) is 0 Å². The molecule has 0 amide bonds. The van der Waals surface area contributed by atoms with Crippen LogP contribution in [0.25, 0.3) is 0 Å². The Balaban J connectivity index is -0.000000223. The number of hydrogen-bond acceptors (Lipinski definition) is 6. The second kappa shape index (κ2) is 11.4. The molecule has 0 aromatic heterocycles. The van der Waals surface area contributed by atoms with Gasteiger partial charge in [0.25, 0.3) is 0 Å². The first kappa shape index (κ1) is 23.6. The SMILES string of the molecule is C=CC(=O)O.CC(C)(C)C(=O)OO.CC(C)(CO)CO. The Bertz CT molecular complexity index is 284.